The maximum atomic E-state index is 11.7. The molecule has 102 valence electrons. The zero-order chi connectivity index (χ0) is 13.9. The first-order valence-electron chi connectivity index (χ1n) is 6.87. The second kappa shape index (κ2) is 5.63. The molecule has 3 rings (SSSR count). The van der Waals surface area contributed by atoms with Gasteiger partial charge in [-0.25, -0.2) is 0 Å². The summed E-state index contributed by atoms with van der Waals surface area (Å²) in [5.74, 6) is 0. The lowest BCUT2D eigenvalue weighted by Gasteiger charge is -2.09. The molecule has 0 aliphatic carbocycles. The number of fused-ring (bicyclic) bond motifs is 1. The summed E-state index contributed by atoms with van der Waals surface area (Å²) in [4.78, 5) is 11.7. The van der Waals surface area contributed by atoms with Crippen molar-refractivity contribution in [2.75, 3.05) is 0 Å². The Balaban J connectivity index is 1.75. The van der Waals surface area contributed by atoms with Gasteiger partial charge in [0.2, 0.25) is 0 Å². The number of hydrogen-bond donors (Lipinski definition) is 0. The molecule has 0 aliphatic heterocycles. The summed E-state index contributed by atoms with van der Waals surface area (Å²) < 4.78 is 3.05. The van der Waals surface area contributed by atoms with Crippen LogP contribution in [0.25, 0.3) is 10.2 Å². The number of aryl methyl sites for hydroxylation is 3. The van der Waals surface area contributed by atoms with Gasteiger partial charge in [-0.05, 0) is 42.3 Å². The zero-order valence-electron chi connectivity index (χ0n) is 11.5. The van der Waals surface area contributed by atoms with Crippen LogP contribution in [0, 0.1) is 6.92 Å². The predicted octanol–water partition coefficient (Wildman–Crippen LogP) is 4.00. The summed E-state index contributed by atoms with van der Waals surface area (Å²) in [6, 6.07) is 12.2. The molecule has 0 aliphatic rings. The molecule has 0 bridgehead atoms. The Kier molecular flexibility index (Phi) is 3.70. The quantitative estimate of drug-likeness (QED) is 0.709. The number of pyridine rings is 1. The van der Waals surface area contributed by atoms with Crippen molar-refractivity contribution in [3.05, 3.63) is 69.3 Å². The molecule has 20 heavy (non-hydrogen) atoms. The Labute approximate surface area is 122 Å². The van der Waals surface area contributed by atoms with Gasteiger partial charge in [-0.1, -0.05) is 24.3 Å². The molecule has 2 heterocycles. The van der Waals surface area contributed by atoms with E-state index in [2.05, 4.69) is 35.8 Å². The second-order valence-corrected chi connectivity index (χ2v) is 5.95. The molecule has 2 nitrogen and oxygen atoms in total. The molecule has 3 heteroatoms. The van der Waals surface area contributed by atoms with Crippen LogP contribution in [0.5, 0.6) is 0 Å². The maximum Gasteiger partial charge on any atom is 0.199 e. The number of nitrogens with zero attached hydrogens (tertiary/aromatic N) is 1. The SMILES string of the molecule is Cc1ccccc1CCCn1ccc(=O)c2sccc21. The Morgan fingerprint density at radius 1 is 1.15 bits per heavy atom. The van der Waals surface area contributed by atoms with Crippen LogP contribution in [-0.4, -0.2) is 4.57 Å². The summed E-state index contributed by atoms with van der Waals surface area (Å²) in [5, 5.41) is 1.99. The third-order valence-corrected chi connectivity index (χ3v) is 4.61. The normalized spacial score (nSPS) is 11.1. The topological polar surface area (TPSA) is 22.0 Å². The fourth-order valence-corrected chi connectivity index (χ4v) is 3.38. The fourth-order valence-electron chi connectivity index (χ4n) is 2.55. The number of thiophene rings is 1. The molecule has 1 aromatic carbocycles. The number of rotatable bonds is 4. The standard InChI is InChI=1S/C17H17NOS/c1-13-5-2-3-6-14(13)7-4-10-18-11-8-16(19)17-15(18)9-12-20-17/h2-3,5-6,8-9,11-12H,4,7,10H2,1H3. The Morgan fingerprint density at radius 3 is 2.85 bits per heavy atom. The van der Waals surface area contributed by atoms with E-state index in [1.165, 1.54) is 22.5 Å². The van der Waals surface area contributed by atoms with Gasteiger partial charge in [0.1, 0.15) is 0 Å². The van der Waals surface area contributed by atoms with Gasteiger partial charge in [-0.2, -0.15) is 0 Å². The highest BCUT2D eigenvalue weighted by Gasteiger charge is 2.04. The minimum atomic E-state index is 0.130. The van der Waals surface area contributed by atoms with Crippen LogP contribution in [-0.2, 0) is 13.0 Å². The summed E-state index contributed by atoms with van der Waals surface area (Å²) in [6.45, 7) is 3.10. The molecule has 0 atom stereocenters. The van der Waals surface area contributed by atoms with E-state index in [1.54, 1.807) is 6.07 Å². The minimum Gasteiger partial charge on any atom is -0.347 e. The first kappa shape index (κ1) is 13.1. The minimum absolute atomic E-state index is 0.130. The van der Waals surface area contributed by atoms with Crippen LogP contribution < -0.4 is 5.43 Å². The molecule has 0 saturated heterocycles. The molecule has 0 spiro atoms. The summed E-state index contributed by atoms with van der Waals surface area (Å²) >= 11 is 1.53. The third-order valence-electron chi connectivity index (χ3n) is 3.69. The Morgan fingerprint density at radius 2 is 2.00 bits per heavy atom. The molecule has 0 N–H and O–H groups in total. The fraction of sp³-hybridized carbons (Fsp3) is 0.235. The van der Waals surface area contributed by atoms with Gasteiger partial charge in [-0.3, -0.25) is 4.79 Å². The average molecular weight is 283 g/mol. The highest BCUT2D eigenvalue weighted by molar-refractivity contribution is 7.17. The highest BCUT2D eigenvalue weighted by Crippen LogP contribution is 2.17. The predicted molar refractivity (Wildman–Crippen MR) is 85.6 cm³/mol. The van der Waals surface area contributed by atoms with Crippen molar-refractivity contribution in [2.45, 2.75) is 26.3 Å². The lowest BCUT2D eigenvalue weighted by molar-refractivity contribution is 0.656. The monoisotopic (exact) mass is 283 g/mol. The van der Waals surface area contributed by atoms with Crippen molar-refractivity contribution in [2.24, 2.45) is 0 Å². The van der Waals surface area contributed by atoms with Crippen LogP contribution in [0.15, 0.2) is 52.8 Å². The molecule has 0 radical (unpaired) electrons. The zero-order valence-corrected chi connectivity index (χ0v) is 12.3. The number of aromatic nitrogens is 1. The van der Waals surface area contributed by atoms with Crippen LogP contribution in [0.1, 0.15) is 17.5 Å². The van der Waals surface area contributed by atoms with Crippen LogP contribution in [0.3, 0.4) is 0 Å². The van der Waals surface area contributed by atoms with Gasteiger partial charge >= 0.3 is 0 Å². The molecule has 0 saturated carbocycles. The van der Waals surface area contributed by atoms with Gasteiger partial charge in [0.15, 0.2) is 5.43 Å². The molecular formula is C17H17NOS. The van der Waals surface area contributed by atoms with E-state index < -0.39 is 0 Å². The van der Waals surface area contributed by atoms with Crippen LogP contribution >= 0.6 is 11.3 Å². The Hall–Kier alpha value is -1.87. The van der Waals surface area contributed by atoms with Crippen molar-refractivity contribution in [3.63, 3.8) is 0 Å². The lowest BCUT2D eigenvalue weighted by Crippen LogP contribution is -2.06. The largest absolute Gasteiger partial charge is 0.347 e. The summed E-state index contributed by atoms with van der Waals surface area (Å²) in [6.07, 6.45) is 4.07. The van der Waals surface area contributed by atoms with Gasteiger partial charge in [0.25, 0.3) is 0 Å². The molecule has 0 fully saturated rings. The molecule has 0 unspecified atom stereocenters. The first-order valence-corrected chi connectivity index (χ1v) is 7.75. The van der Waals surface area contributed by atoms with E-state index in [0.717, 1.165) is 29.6 Å². The van der Waals surface area contributed by atoms with Crippen molar-refractivity contribution in [1.82, 2.24) is 4.57 Å². The van der Waals surface area contributed by atoms with Crippen molar-refractivity contribution < 1.29 is 0 Å². The Bertz CT molecular complexity index is 785. The first-order chi connectivity index (χ1) is 9.75. The van der Waals surface area contributed by atoms with Gasteiger partial charge in [0.05, 0.1) is 10.2 Å². The lowest BCUT2D eigenvalue weighted by atomic mass is 10.0. The second-order valence-electron chi connectivity index (χ2n) is 5.04. The van der Waals surface area contributed by atoms with Crippen molar-refractivity contribution in [1.29, 1.82) is 0 Å². The maximum absolute atomic E-state index is 11.7. The molecule has 2 aromatic heterocycles. The molecule has 3 aromatic rings. The van der Waals surface area contributed by atoms with Crippen molar-refractivity contribution in [3.8, 4) is 0 Å². The van der Waals surface area contributed by atoms with E-state index in [9.17, 15) is 4.79 Å². The highest BCUT2D eigenvalue weighted by atomic mass is 32.1. The van der Waals surface area contributed by atoms with Crippen LogP contribution in [0.2, 0.25) is 0 Å². The van der Waals surface area contributed by atoms with Crippen LogP contribution in [0.4, 0.5) is 0 Å². The average Bonchev–Trinajstić information content (AvgIpc) is 2.94. The van der Waals surface area contributed by atoms with E-state index in [-0.39, 0.29) is 5.43 Å². The number of hydrogen-bond acceptors (Lipinski definition) is 2. The third kappa shape index (κ3) is 2.54. The molecular weight excluding hydrogens is 266 g/mol. The summed E-state index contributed by atoms with van der Waals surface area (Å²) in [5.41, 5.74) is 3.96. The summed E-state index contributed by atoms with van der Waals surface area (Å²) in [7, 11) is 0. The van der Waals surface area contributed by atoms with Gasteiger partial charge in [-0.15, -0.1) is 11.3 Å². The van der Waals surface area contributed by atoms with E-state index in [4.69, 9.17) is 0 Å². The van der Waals surface area contributed by atoms with E-state index in [0.29, 0.717) is 0 Å². The number of benzene rings is 1. The molecule has 0 amide bonds. The van der Waals surface area contributed by atoms with E-state index in [1.807, 2.05) is 17.6 Å². The smallest absolute Gasteiger partial charge is 0.199 e. The van der Waals surface area contributed by atoms with Crippen molar-refractivity contribution >= 4 is 21.6 Å². The van der Waals surface area contributed by atoms with E-state index >= 15 is 0 Å². The van der Waals surface area contributed by atoms with Gasteiger partial charge in [0, 0.05) is 18.8 Å². The van der Waals surface area contributed by atoms with Gasteiger partial charge < -0.3 is 4.57 Å².